The van der Waals surface area contributed by atoms with Crippen molar-refractivity contribution in [2.45, 2.75) is 58.9 Å². The molecule has 0 bridgehead atoms. The minimum absolute atomic E-state index is 0.326. The summed E-state index contributed by atoms with van der Waals surface area (Å²) in [5, 5.41) is 9.03. The summed E-state index contributed by atoms with van der Waals surface area (Å²) in [7, 11) is 0. The third kappa shape index (κ3) is 4.97. The minimum Gasteiger partial charge on any atom is -0.480 e. The van der Waals surface area contributed by atoms with E-state index in [1.165, 1.54) is 16.7 Å². The molecule has 20 heavy (non-hydrogen) atoms. The zero-order chi connectivity index (χ0) is 15.3. The van der Waals surface area contributed by atoms with Crippen LogP contribution in [0.15, 0.2) is 18.2 Å². The Balaban J connectivity index is 2.42. The third-order valence-electron chi connectivity index (χ3n) is 3.90. The first kappa shape index (κ1) is 16.7. The highest BCUT2D eigenvalue weighted by Crippen LogP contribution is 2.21. The summed E-state index contributed by atoms with van der Waals surface area (Å²) >= 11 is 0. The summed E-state index contributed by atoms with van der Waals surface area (Å²) in [6.45, 7) is 7.92. The van der Waals surface area contributed by atoms with Crippen LogP contribution >= 0.6 is 0 Å². The maximum Gasteiger partial charge on any atom is 0.323 e. The van der Waals surface area contributed by atoms with Crippen LogP contribution in [-0.4, -0.2) is 16.6 Å². The molecule has 3 nitrogen and oxygen atoms in total. The van der Waals surface area contributed by atoms with Gasteiger partial charge >= 0.3 is 5.97 Å². The largest absolute Gasteiger partial charge is 0.480 e. The molecule has 0 aliphatic heterocycles. The monoisotopic (exact) mass is 277 g/mol. The summed E-state index contributed by atoms with van der Waals surface area (Å²) < 4.78 is 0. The quantitative estimate of drug-likeness (QED) is 0.802. The average Bonchev–Trinajstić information content (AvgIpc) is 2.31. The number of aliphatic carboxylic acids is 1. The Hall–Kier alpha value is -1.35. The van der Waals surface area contributed by atoms with Gasteiger partial charge in [-0.15, -0.1) is 0 Å². The van der Waals surface area contributed by atoms with Gasteiger partial charge in [0.15, 0.2) is 0 Å². The van der Waals surface area contributed by atoms with E-state index < -0.39 is 11.5 Å². The first-order valence-corrected chi connectivity index (χ1v) is 7.31. The molecule has 0 radical (unpaired) electrons. The molecule has 0 fully saturated rings. The summed E-state index contributed by atoms with van der Waals surface area (Å²) in [5.74, 6) is -0.592. The summed E-state index contributed by atoms with van der Waals surface area (Å²) in [6, 6.07) is 6.55. The van der Waals surface area contributed by atoms with Gasteiger partial charge in [0.2, 0.25) is 0 Å². The predicted molar refractivity (Wildman–Crippen MR) is 82.9 cm³/mol. The standard InChI is InChI=1S/C17H27NO2/c1-12-8-9-15(14(3)10-12)7-5-6-13(2)11-17(4,18)16(19)20/h8-10,13H,5-7,11,18H2,1-4H3,(H,19,20). The van der Waals surface area contributed by atoms with Crippen molar-refractivity contribution in [2.75, 3.05) is 0 Å². The van der Waals surface area contributed by atoms with E-state index in [1.54, 1.807) is 6.92 Å². The average molecular weight is 277 g/mol. The van der Waals surface area contributed by atoms with E-state index >= 15 is 0 Å². The second kappa shape index (κ2) is 6.89. The van der Waals surface area contributed by atoms with E-state index in [-0.39, 0.29) is 0 Å². The fourth-order valence-electron chi connectivity index (χ4n) is 2.68. The molecule has 2 atom stereocenters. The molecule has 112 valence electrons. The molecule has 0 saturated carbocycles. The Labute approximate surface area is 122 Å². The lowest BCUT2D eigenvalue weighted by atomic mass is 9.87. The van der Waals surface area contributed by atoms with E-state index in [2.05, 4.69) is 39.0 Å². The van der Waals surface area contributed by atoms with Crippen molar-refractivity contribution in [1.82, 2.24) is 0 Å². The van der Waals surface area contributed by atoms with E-state index in [0.29, 0.717) is 12.3 Å². The van der Waals surface area contributed by atoms with Gasteiger partial charge in [-0.25, -0.2) is 0 Å². The molecular weight excluding hydrogens is 250 g/mol. The molecule has 2 unspecified atom stereocenters. The lowest BCUT2D eigenvalue weighted by molar-refractivity contribution is -0.143. The van der Waals surface area contributed by atoms with Crippen molar-refractivity contribution in [2.24, 2.45) is 11.7 Å². The lowest BCUT2D eigenvalue weighted by Gasteiger charge is -2.23. The molecule has 0 amide bonds. The van der Waals surface area contributed by atoms with Gasteiger partial charge in [0, 0.05) is 0 Å². The van der Waals surface area contributed by atoms with Crippen LogP contribution in [0.1, 0.15) is 49.8 Å². The highest BCUT2D eigenvalue weighted by molar-refractivity contribution is 5.77. The van der Waals surface area contributed by atoms with Gasteiger partial charge < -0.3 is 10.8 Å². The van der Waals surface area contributed by atoms with Crippen LogP contribution in [0, 0.1) is 19.8 Å². The molecule has 0 heterocycles. The van der Waals surface area contributed by atoms with Crippen molar-refractivity contribution >= 4 is 5.97 Å². The highest BCUT2D eigenvalue weighted by Gasteiger charge is 2.29. The van der Waals surface area contributed by atoms with E-state index in [4.69, 9.17) is 10.8 Å². The van der Waals surface area contributed by atoms with Crippen molar-refractivity contribution in [3.05, 3.63) is 34.9 Å². The van der Waals surface area contributed by atoms with Crippen molar-refractivity contribution in [3.8, 4) is 0 Å². The van der Waals surface area contributed by atoms with E-state index in [0.717, 1.165) is 19.3 Å². The molecule has 0 saturated heterocycles. The van der Waals surface area contributed by atoms with Crippen LogP contribution in [0.25, 0.3) is 0 Å². The maximum atomic E-state index is 11.0. The zero-order valence-electron chi connectivity index (χ0n) is 13.1. The van der Waals surface area contributed by atoms with Gasteiger partial charge in [0.05, 0.1) is 0 Å². The van der Waals surface area contributed by atoms with Crippen LogP contribution in [0.3, 0.4) is 0 Å². The number of benzene rings is 1. The Morgan fingerprint density at radius 1 is 1.40 bits per heavy atom. The number of hydrogen-bond acceptors (Lipinski definition) is 2. The van der Waals surface area contributed by atoms with Gasteiger partial charge in [-0.3, -0.25) is 4.79 Å². The second-order valence-corrected chi connectivity index (χ2v) is 6.35. The molecule has 3 N–H and O–H groups in total. The smallest absolute Gasteiger partial charge is 0.323 e. The fraction of sp³-hybridized carbons (Fsp3) is 0.588. The van der Waals surface area contributed by atoms with Crippen LogP contribution < -0.4 is 5.73 Å². The van der Waals surface area contributed by atoms with Crippen LogP contribution in [-0.2, 0) is 11.2 Å². The number of hydrogen-bond donors (Lipinski definition) is 2. The number of carbonyl (C=O) groups is 1. The Kier molecular flexibility index (Phi) is 5.75. The van der Waals surface area contributed by atoms with Crippen LogP contribution in [0.2, 0.25) is 0 Å². The van der Waals surface area contributed by atoms with Crippen molar-refractivity contribution in [3.63, 3.8) is 0 Å². The van der Waals surface area contributed by atoms with Gasteiger partial charge in [-0.05, 0) is 57.1 Å². The van der Waals surface area contributed by atoms with Crippen LogP contribution in [0.4, 0.5) is 0 Å². The highest BCUT2D eigenvalue weighted by atomic mass is 16.4. The fourth-order valence-corrected chi connectivity index (χ4v) is 2.68. The molecule has 1 aromatic carbocycles. The predicted octanol–water partition coefficient (Wildman–Crippen LogP) is 3.45. The molecule has 0 aliphatic rings. The first-order valence-electron chi connectivity index (χ1n) is 7.31. The molecular formula is C17H27NO2. The third-order valence-corrected chi connectivity index (χ3v) is 3.90. The molecule has 1 rings (SSSR count). The normalized spacial score (nSPS) is 15.7. The SMILES string of the molecule is Cc1ccc(CCCC(C)CC(C)(N)C(=O)O)c(C)c1. The molecule has 3 heteroatoms. The number of rotatable bonds is 7. The van der Waals surface area contributed by atoms with Gasteiger partial charge in [0.1, 0.15) is 5.54 Å². The summed E-state index contributed by atoms with van der Waals surface area (Å²) in [5.41, 5.74) is 8.69. The molecule has 1 aromatic rings. The Morgan fingerprint density at radius 2 is 2.05 bits per heavy atom. The number of carboxylic acids is 1. The number of carboxylic acid groups (broad SMARTS) is 1. The van der Waals surface area contributed by atoms with E-state index in [1.807, 2.05) is 0 Å². The van der Waals surface area contributed by atoms with E-state index in [9.17, 15) is 4.79 Å². The molecule has 0 aromatic heterocycles. The number of nitrogens with two attached hydrogens (primary N) is 1. The zero-order valence-corrected chi connectivity index (χ0v) is 13.1. The summed E-state index contributed by atoms with van der Waals surface area (Å²) in [4.78, 5) is 11.0. The maximum absolute atomic E-state index is 11.0. The molecule has 0 aliphatic carbocycles. The molecule has 0 spiro atoms. The van der Waals surface area contributed by atoms with Gasteiger partial charge in [-0.1, -0.05) is 37.1 Å². The minimum atomic E-state index is -1.11. The van der Waals surface area contributed by atoms with Crippen molar-refractivity contribution < 1.29 is 9.90 Å². The Morgan fingerprint density at radius 3 is 2.60 bits per heavy atom. The topological polar surface area (TPSA) is 63.3 Å². The Bertz CT molecular complexity index is 466. The van der Waals surface area contributed by atoms with Crippen molar-refractivity contribution in [1.29, 1.82) is 0 Å². The summed E-state index contributed by atoms with van der Waals surface area (Å²) in [6.07, 6.45) is 3.65. The lowest BCUT2D eigenvalue weighted by Crippen LogP contribution is -2.46. The number of aryl methyl sites for hydroxylation is 3. The second-order valence-electron chi connectivity index (χ2n) is 6.35. The first-order chi connectivity index (χ1) is 9.22. The van der Waals surface area contributed by atoms with Gasteiger partial charge in [0.25, 0.3) is 0 Å². The van der Waals surface area contributed by atoms with Gasteiger partial charge in [-0.2, -0.15) is 0 Å². The van der Waals surface area contributed by atoms with Crippen LogP contribution in [0.5, 0.6) is 0 Å².